The molecule has 0 aliphatic heterocycles. The second-order valence-electron chi connectivity index (χ2n) is 3.01. The van der Waals surface area contributed by atoms with Gasteiger partial charge >= 0.3 is 5.97 Å². The van der Waals surface area contributed by atoms with Gasteiger partial charge in [-0.2, -0.15) is 11.8 Å². The smallest absolute Gasteiger partial charge is 0.306 e. The Bertz CT molecular complexity index is 178. The quantitative estimate of drug-likeness (QED) is 0.489. The van der Waals surface area contributed by atoms with Crippen LogP contribution >= 0.6 is 11.8 Å². The van der Waals surface area contributed by atoms with Crippen molar-refractivity contribution in [2.24, 2.45) is 0 Å². The monoisotopic (exact) mass is 202 g/mol. The summed E-state index contributed by atoms with van der Waals surface area (Å²) in [5.41, 5.74) is 1.22. The van der Waals surface area contributed by atoms with Crippen LogP contribution in [-0.4, -0.2) is 24.1 Å². The summed E-state index contributed by atoms with van der Waals surface area (Å²) in [5.74, 6) is 0.802. The van der Waals surface area contributed by atoms with Crippen LogP contribution in [0.15, 0.2) is 12.2 Å². The summed E-state index contributed by atoms with van der Waals surface area (Å²) in [7, 11) is 1.42. The SMILES string of the molecule is C=C(CC)CSC(C)CC(=O)OC. The number of esters is 1. The van der Waals surface area contributed by atoms with Gasteiger partial charge in [0.05, 0.1) is 13.5 Å². The predicted octanol–water partition coefficient (Wildman–Crippen LogP) is 2.64. The molecule has 0 fully saturated rings. The van der Waals surface area contributed by atoms with E-state index in [-0.39, 0.29) is 5.97 Å². The largest absolute Gasteiger partial charge is 0.469 e. The number of methoxy groups -OCH3 is 1. The molecule has 0 heterocycles. The average Bonchev–Trinajstić information content (AvgIpc) is 2.13. The van der Waals surface area contributed by atoms with Gasteiger partial charge < -0.3 is 4.74 Å². The van der Waals surface area contributed by atoms with Gasteiger partial charge in [0.25, 0.3) is 0 Å². The van der Waals surface area contributed by atoms with Gasteiger partial charge in [-0.1, -0.05) is 26.0 Å². The molecule has 0 rings (SSSR count). The lowest BCUT2D eigenvalue weighted by molar-refractivity contribution is -0.140. The lowest BCUT2D eigenvalue weighted by Gasteiger charge is -2.09. The summed E-state index contributed by atoms with van der Waals surface area (Å²) < 4.78 is 4.58. The third kappa shape index (κ3) is 6.70. The maximum atomic E-state index is 10.9. The Morgan fingerprint density at radius 1 is 1.62 bits per heavy atom. The van der Waals surface area contributed by atoms with Crippen LogP contribution in [0.25, 0.3) is 0 Å². The summed E-state index contributed by atoms with van der Waals surface area (Å²) >= 11 is 1.75. The second-order valence-corrected chi connectivity index (χ2v) is 4.43. The molecule has 0 saturated carbocycles. The van der Waals surface area contributed by atoms with Crippen LogP contribution in [-0.2, 0) is 9.53 Å². The molecule has 0 spiro atoms. The van der Waals surface area contributed by atoms with Gasteiger partial charge in [0, 0.05) is 11.0 Å². The Morgan fingerprint density at radius 3 is 2.69 bits per heavy atom. The Labute approximate surface area is 84.7 Å². The second kappa shape index (κ2) is 7.01. The first-order chi connectivity index (χ1) is 6.10. The van der Waals surface area contributed by atoms with E-state index in [0.29, 0.717) is 11.7 Å². The van der Waals surface area contributed by atoms with Crippen molar-refractivity contribution in [3.63, 3.8) is 0 Å². The molecule has 0 aromatic heterocycles. The number of ether oxygens (including phenoxy) is 1. The van der Waals surface area contributed by atoms with Gasteiger partial charge in [-0.3, -0.25) is 4.79 Å². The minimum Gasteiger partial charge on any atom is -0.469 e. The molecule has 0 aliphatic rings. The molecule has 0 aromatic rings. The van der Waals surface area contributed by atoms with Crippen molar-refractivity contribution in [3.05, 3.63) is 12.2 Å². The molecular weight excluding hydrogens is 184 g/mol. The molecule has 0 radical (unpaired) electrons. The molecule has 3 heteroatoms. The lowest BCUT2D eigenvalue weighted by atomic mass is 10.3. The zero-order valence-electron chi connectivity index (χ0n) is 8.63. The molecule has 0 bridgehead atoms. The number of carbonyl (C=O) groups is 1. The maximum Gasteiger partial charge on any atom is 0.306 e. The Kier molecular flexibility index (Phi) is 6.77. The van der Waals surface area contributed by atoms with E-state index in [0.717, 1.165) is 12.2 Å². The molecule has 76 valence electrons. The summed E-state index contributed by atoms with van der Waals surface area (Å²) in [5, 5.41) is 0.316. The summed E-state index contributed by atoms with van der Waals surface area (Å²) in [6.07, 6.45) is 1.50. The van der Waals surface area contributed by atoms with Crippen LogP contribution in [0.2, 0.25) is 0 Å². The third-order valence-electron chi connectivity index (χ3n) is 1.75. The number of hydrogen-bond acceptors (Lipinski definition) is 3. The number of hydrogen-bond donors (Lipinski definition) is 0. The van der Waals surface area contributed by atoms with Gasteiger partial charge in [0.15, 0.2) is 0 Å². The maximum absolute atomic E-state index is 10.9. The van der Waals surface area contributed by atoms with Crippen molar-refractivity contribution in [2.45, 2.75) is 31.9 Å². The topological polar surface area (TPSA) is 26.3 Å². The minimum atomic E-state index is -0.137. The van der Waals surface area contributed by atoms with Gasteiger partial charge in [-0.25, -0.2) is 0 Å². The Morgan fingerprint density at radius 2 is 2.23 bits per heavy atom. The highest BCUT2D eigenvalue weighted by Gasteiger charge is 2.09. The van der Waals surface area contributed by atoms with Gasteiger partial charge in [0.2, 0.25) is 0 Å². The zero-order valence-corrected chi connectivity index (χ0v) is 9.45. The molecule has 0 aliphatic carbocycles. The first-order valence-corrected chi connectivity index (χ1v) is 5.50. The average molecular weight is 202 g/mol. The lowest BCUT2D eigenvalue weighted by Crippen LogP contribution is -2.09. The number of carbonyl (C=O) groups excluding carboxylic acids is 1. The fourth-order valence-electron chi connectivity index (χ4n) is 0.739. The fourth-order valence-corrected chi connectivity index (χ4v) is 1.72. The van der Waals surface area contributed by atoms with E-state index in [4.69, 9.17) is 0 Å². The summed E-state index contributed by atoms with van der Waals surface area (Å²) in [6.45, 7) is 8.03. The van der Waals surface area contributed by atoms with Crippen molar-refractivity contribution < 1.29 is 9.53 Å². The molecule has 0 saturated heterocycles. The van der Waals surface area contributed by atoms with Crippen molar-refractivity contribution in [1.82, 2.24) is 0 Å². The van der Waals surface area contributed by atoms with Gasteiger partial charge in [-0.15, -0.1) is 0 Å². The standard InChI is InChI=1S/C10H18O2S/c1-5-8(2)7-13-9(3)6-10(11)12-4/h9H,2,5-7H2,1,3-4H3. The van der Waals surface area contributed by atoms with Crippen molar-refractivity contribution in [2.75, 3.05) is 12.9 Å². The summed E-state index contributed by atoms with van der Waals surface area (Å²) in [4.78, 5) is 10.9. The number of thioether (sulfide) groups is 1. The highest BCUT2D eigenvalue weighted by atomic mass is 32.2. The third-order valence-corrected chi connectivity index (χ3v) is 3.06. The molecule has 2 nitrogen and oxygen atoms in total. The van der Waals surface area contributed by atoms with Gasteiger partial charge in [-0.05, 0) is 6.42 Å². The highest BCUT2D eigenvalue weighted by Crippen LogP contribution is 2.18. The zero-order chi connectivity index (χ0) is 10.3. The van der Waals surface area contributed by atoms with E-state index in [2.05, 4.69) is 18.2 Å². The molecule has 0 aromatic carbocycles. The molecule has 0 N–H and O–H groups in total. The van der Waals surface area contributed by atoms with Crippen molar-refractivity contribution in [1.29, 1.82) is 0 Å². The predicted molar refractivity (Wildman–Crippen MR) is 58.0 cm³/mol. The highest BCUT2D eigenvalue weighted by molar-refractivity contribution is 8.00. The van der Waals surface area contributed by atoms with E-state index in [1.807, 2.05) is 6.92 Å². The van der Waals surface area contributed by atoms with Crippen LogP contribution in [0, 0.1) is 0 Å². The van der Waals surface area contributed by atoms with Crippen molar-refractivity contribution >= 4 is 17.7 Å². The van der Waals surface area contributed by atoms with E-state index in [1.165, 1.54) is 12.7 Å². The molecule has 1 atom stereocenters. The number of rotatable bonds is 6. The summed E-state index contributed by atoms with van der Waals surface area (Å²) in [6, 6.07) is 0. The molecule has 0 amide bonds. The Hall–Kier alpha value is -0.440. The van der Waals surface area contributed by atoms with Crippen molar-refractivity contribution in [3.8, 4) is 0 Å². The van der Waals surface area contributed by atoms with E-state index in [9.17, 15) is 4.79 Å². The molecule has 1 unspecified atom stereocenters. The Balaban J connectivity index is 3.56. The van der Waals surface area contributed by atoms with Crippen LogP contribution < -0.4 is 0 Å². The minimum absolute atomic E-state index is 0.137. The van der Waals surface area contributed by atoms with E-state index >= 15 is 0 Å². The van der Waals surface area contributed by atoms with Crippen LogP contribution in [0.3, 0.4) is 0 Å². The normalized spacial score (nSPS) is 12.2. The first kappa shape index (κ1) is 12.6. The van der Waals surface area contributed by atoms with Crippen LogP contribution in [0.5, 0.6) is 0 Å². The molecular formula is C10H18O2S. The van der Waals surface area contributed by atoms with Crippen LogP contribution in [0.1, 0.15) is 26.7 Å². The van der Waals surface area contributed by atoms with E-state index in [1.54, 1.807) is 11.8 Å². The van der Waals surface area contributed by atoms with E-state index < -0.39 is 0 Å². The van der Waals surface area contributed by atoms with Gasteiger partial charge in [0.1, 0.15) is 0 Å². The van der Waals surface area contributed by atoms with Crippen LogP contribution in [0.4, 0.5) is 0 Å². The fraction of sp³-hybridized carbons (Fsp3) is 0.700. The molecule has 13 heavy (non-hydrogen) atoms. The first-order valence-electron chi connectivity index (χ1n) is 4.45.